The van der Waals surface area contributed by atoms with Gasteiger partial charge in [0.05, 0.1) is 25.4 Å². The lowest BCUT2D eigenvalue weighted by molar-refractivity contribution is 0.0964. The van der Waals surface area contributed by atoms with Crippen LogP contribution in [0.2, 0.25) is 0 Å². The van der Waals surface area contributed by atoms with Crippen LogP contribution in [0.4, 0.5) is 4.39 Å². The smallest absolute Gasteiger partial charge is 0.205 e. The fourth-order valence-corrected chi connectivity index (χ4v) is 2.97. The van der Waals surface area contributed by atoms with Gasteiger partial charge < -0.3 is 9.15 Å². The third kappa shape index (κ3) is 3.34. The summed E-state index contributed by atoms with van der Waals surface area (Å²) in [4.78, 5) is 25.4. The van der Waals surface area contributed by atoms with Crippen LogP contribution in [0.5, 0.6) is 5.75 Å². The van der Waals surface area contributed by atoms with Crippen LogP contribution in [0.15, 0.2) is 53.2 Å². The quantitative estimate of drug-likeness (QED) is 0.486. The van der Waals surface area contributed by atoms with Crippen LogP contribution in [-0.2, 0) is 6.42 Å². The maximum Gasteiger partial charge on any atom is 0.205 e. The number of Topliss-reactive ketones (excluding diaryl/α,β-unsaturated/α-hetero) is 1. The van der Waals surface area contributed by atoms with Gasteiger partial charge in [0.15, 0.2) is 11.7 Å². The minimum Gasteiger partial charge on any atom is -0.494 e. The van der Waals surface area contributed by atoms with E-state index in [2.05, 4.69) is 15.0 Å². The number of nitrogens with zero attached hydrogens (tertiary/aromatic N) is 3. The molecule has 0 aliphatic heterocycles. The van der Waals surface area contributed by atoms with Crippen molar-refractivity contribution in [2.45, 2.75) is 13.3 Å². The van der Waals surface area contributed by atoms with Gasteiger partial charge in [-0.1, -0.05) is 12.1 Å². The third-order valence-corrected chi connectivity index (χ3v) is 4.33. The molecule has 0 aliphatic carbocycles. The summed E-state index contributed by atoms with van der Waals surface area (Å²) >= 11 is 0. The molecule has 2 aromatic carbocycles. The molecule has 0 aliphatic rings. The van der Waals surface area contributed by atoms with Crippen molar-refractivity contribution in [2.75, 3.05) is 7.11 Å². The number of carbonyl (C=O) groups excluding carboxylic acids is 1. The van der Waals surface area contributed by atoms with Gasteiger partial charge in [-0.2, -0.15) is 0 Å². The molecule has 0 radical (unpaired) electrons. The van der Waals surface area contributed by atoms with E-state index >= 15 is 0 Å². The summed E-state index contributed by atoms with van der Waals surface area (Å²) in [6.45, 7) is 1.68. The van der Waals surface area contributed by atoms with Crippen LogP contribution in [0.1, 0.15) is 22.1 Å². The molecule has 140 valence electrons. The lowest BCUT2D eigenvalue weighted by Crippen LogP contribution is -2.05. The molecule has 7 heteroatoms. The molecule has 0 bridgehead atoms. The monoisotopic (exact) mass is 377 g/mol. The number of carbonyl (C=O) groups is 1. The Balaban J connectivity index is 1.75. The SMILES string of the molecule is COc1ccc(-c2ccc(F)cc2)c2ncc(CC(=O)c3cnc(C)o3)nc12. The number of aryl methyl sites for hydroxylation is 1. The highest BCUT2D eigenvalue weighted by molar-refractivity contribution is 5.96. The van der Waals surface area contributed by atoms with Crippen molar-refractivity contribution in [3.63, 3.8) is 0 Å². The van der Waals surface area contributed by atoms with Crippen molar-refractivity contribution < 1.29 is 18.3 Å². The number of oxazole rings is 1. The summed E-state index contributed by atoms with van der Waals surface area (Å²) < 4.78 is 23.9. The molecule has 4 rings (SSSR count). The second kappa shape index (κ2) is 7.19. The zero-order chi connectivity index (χ0) is 19.7. The van der Waals surface area contributed by atoms with Gasteiger partial charge in [0.25, 0.3) is 0 Å². The number of hydrogen-bond acceptors (Lipinski definition) is 6. The first-order chi connectivity index (χ1) is 13.5. The van der Waals surface area contributed by atoms with Gasteiger partial charge in [-0.25, -0.2) is 14.4 Å². The molecule has 0 saturated carbocycles. The lowest BCUT2D eigenvalue weighted by Gasteiger charge is -2.10. The third-order valence-electron chi connectivity index (χ3n) is 4.33. The summed E-state index contributed by atoms with van der Waals surface area (Å²) in [5.74, 6) is 0.613. The molecule has 6 nitrogen and oxygen atoms in total. The van der Waals surface area contributed by atoms with E-state index in [9.17, 15) is 9.18 Å². The van der Waals surface area contributed by atoms with Crippen molar-refractivity contribution in [3.05, 3.63) is 72.0 Å². The van der Waals surface area contributed by atoms with Crippen LogP contribution in [0.3, 0.4) is 0 Å². The number of ketones is 1. The predicted octanol–water partition coefficient (Wildman–Crippen LogP) is 4.17. The number of methoxy groups -OCH3 is 1. The summed E-state index contributed by atoms with van der Waals surface area (Å²) in [7, 11) is 1.54. The molecule has 0 unspecified atom stereocenters. The minimum atomic E-state index is -0.309. The van der Waals surface area contributed by atoms with Crippen LogP contribution in [0, 0.1) is 12.7 Å². The summed E-state index contributed by atoms with van der Waals surface area (Å²) in [6, 6.07) is 9.78. The molecule has 4 aromatic rings. The maximum atomic E-state index is 13.3. The molecule has 0 amide bonds. The lowest BCUT2D eigenvalue weighted by atomic mass is 10.0. The molecular formula is C21H16FN3O3. The van der Waals surface area contributed by atoms with Gasteiger partial charge in [-0.15, -0.1) is 0 Å². The van der Waals surface area contributed by atoms with Crippen molar-refractivity contribution in [3.8, 4) is 16.9 Å². The first-order valence-corrected chi connectivity index (χ1v) is 8.59. The van der Waals surface area contributed by atoms with E-state index in [0.717, 1.165) is 11.1 Å². The van der Waals surface area contributed by atoms with Gasteiger partial charge >= 0.3 is 0 Å². The van der Waals surface area contributed by atoms with E-state index in [-0.39, 0.29) is 23.8 Å². The zero-order valence-electron chi connectivity index (χ0n) is 15.3. The maximum absolute atomic E-state index is 13.3. The number of rotatable bonds is 5. The Bertz CT molecular complexity index is 1170. The van der Waals surface area contributed by atoms with Gasteiger partial charge in [-0.05, 0) is 29.8 Å². The summed E-state index contributed by atoms with van der Waals surface area (Å²) in [6.07, 6.45) is 2.98. The molecule has 0 fully saturated rings. The van der Waals surface area contributed by atoms with E-state index in [1.165, 1.54) is 18.3 Å². The Labute approximate surface area is 160 Å². The second-order valence-corrected chi connectivity index (χ2v) is 6.22. The van der Waals surface area contributed by atoms with Crippen molar-refractivity contribution >= 4 is 16.8 Å². The van der Waals surface area contributed by atoms with E-state index < -0.39 is 0 Å². The van der Waals surface area contributed by atoms with E-state index in [1.807, 2.05) is 6.07 Å². The van der Waals surface area contributed by atoms with Gasteiger partial charge in [0, 0.05) is 18.7 Å². The van der Waals surface area contributed by atoms with Crippen LogP contribution in [0.25, 0.3) is 22.2 Å². The molecule has 2 aromatic heterocycles. The standard InChI is InChI=1S/C21H16FN3O3/c1-12-23-11-19(28-12)17(26)9-15-10-24-20-16(13-3-5-14(22)6-4-13)7-8-18(27-2)21(20)25-15/h3-8,10-11H,9H2,1-2H3. The van der Waals surface area contributed by atoms with E-state index in [1.54, 1.807) is 38.4 Å². The Hall–Kier alpha value is -3.61. The zero-order valence-corrected chi connectivity index (χ0v) is 15.3. The molecular weight excluding hydrogens is 361 g/mol. The number of halogens is 1. The average Bonchev–Trinajstić information content (AvgIpc) is 3.14. The predicted molar refractivity (Wildman–Crippen MR) is 101 cm³/mol. The van der Waals surface area contributed by atoms with E-state index in [4.69, 9.17) is 9.15 Å². The highest BCUT2D eigenvalue weighted by Gasteiger charge is 2.16. The minimum absolute atomic E-state index is 0.0293. The number of aromatic nitrogens is 3. The number of benzene rings is 2. The number of fused-ring (bicyclic) bond motifs is 1. The Morgan fingerprint density at radius 3 is 2.54 bits per heavy atom. The van der Waals surface area contributed by atoms with Gasteiger partial charge in [0.2, 0.25) is 5.78 Å². The van der Waals surface area contributed by atoms with E-state index in [0.29, 0.717) is 28.4 Å². The normalized spacial score (nSPS) is 11.0. The van der Waals surface area contributed by atoms with Crippen LogP contribution >= 0.6 is 0 Å². The van der Waals surface area contributed by atoms with Gasteiger partial charge in [0.1, 0.15) is 22.6 Å². The molecule has 2 heterocycles. The molecule has 0 atom stereocenters. The Morgan fingerprint density at radius 2 is 1.86 bits per heavy atom. The van der Waals surface area contributed by atoms with Crippen LogP contribution in [-0.4, -0.2) is 27.8 Å². The second-order valence-electron chi connectivity index (χ2n) is 6.22. The summed E-state index contributed by atoms with van der Waals surface area (Å²) in [5, 5.41) is 0. The molecule has 0 N–H and O–H groups in total. The largest absolute Gasteiger partial charge is 0.494 e. The van der Waals surface area contributed by atoms with Crippen LogP contribution < -0.4 is 4.74 Å². The first kappa shape index (κ1) is 17.8. The Morgan fingerprint density at radius 1 is 1.07 bits per heavy atom. The first-order valence-electron chi connectivity index (χ1n) is 8.59. The number of ether oxygens (including phenoxy) is 1. The fourth-order valence-electron chi connectivity index (χ4n) is 2.97. The van der Waals surface area contributed by atoms with Crippen molar-refractivity contribution in [2.24, 2.45) is 0 Å². The van der Waals surface area contributed by atoms with Gasteiger partial charge in [-0.3, -0.25) is 9.78 Å². The highest BCUT2D eigenvalue weighted by atomic mass is 19.1. The molecule has 0 spiro atoms. The van der Waals surface area contributed by atoms with Crippen molar-refractivity contribution in [1.82, 2.24) is 15.0 Å². The topological polar surface area (TPSA) is 78.1 Å². The Kier molecular flexibility index (Phi) is 4.57. The highest BCUT2D eigenvalue weighted by Crippen LogP contribution is 2.32. The average molecular weight is 377 g/mol. The van der Waals surface area contributed by atoms with Crippen molar-refractivity contribution in [1.29, 1.82) is 0 Å². The summed E-state index contributed by atoms with van der Waals surface area (Å²) in [5.41, 5.74) is 3.23. The molecule has 28 heavy (non-hydrogen) atoms. The number of hydrogen-bond donors (Lipinski definition) is 0. The molecule has 0 saturated heterocycles. The fraction of sp³-hybridized carbons (Fsp3) is 0.143.